The highest BCUT2D eigenvalue weighted by Crippen LogP contribution is 2.42. The van der Waals surface area contributed by atoms with Gasteiger partial charge < -0.3 is 14.5 Å². The number of para-hydroxylation sites is 1. The Hall–Kier alpha value is -2.30. The van der Waals surface area contributed by atoms with E-state index < -0.39 is 0 Å². The molecular weight excluding hydrogens is 350 g/mol. The minimum Gasteiger partial charge on any atom is -0.494 e. The van der Waals surface area contributed by atoms with Crippen LogP contribution in [-0.4, -0.2) is 49.1 Å². The number of pyridine rings is 1. The number of amides is 1. The van der Waals surface area contributed by atoms with Crippen LogP contribution in [0.1, 0.15) is 40.0 Å². The average molecular weight is 382 g/mol. The van der Waals surface area contributed by atoms with E-state index in [2.05, 4.69) is 48.8 Å². The number of hydrogen-bond acceptors (Lipinski definition) is 4. The zero-order valence-corrected chi connectivity index (χ0v) is 17.5. The fourth-order valence-corrected chi connectivity index (χ4v) is 4.77. The van der Waals surface area contributed by atoms with Gasteiger partial charge in [-0.05, 0) is 42.9 Å². The lowest BCUT2D eigenvalue weighted by Gasteiger charge is -2.41. The van der Waals surface area contributed by atoms with E-state index in [9.17, 15) is 4.79 Å². The van der Waals surface area contributed by atoms with Crippen LogP contribution in [0.4, 0.5) is 5.82 Å². The number of anilines is 1. The predicted octanol–water partition coefficient (Wildman–Crippen LogP) is 4.11. The Balaban J connectivity index is 1.58. The van der Waals surface area contributed by atoms with Gasteiger partial charge in [0.1, 0.15) is 17.1 Å². The smallest absolute Gasteiger partial charge is 0.230 e. The average Bonchev–Trinajstić information content (AvgIpc) is 3.09. The van der Waals surface area contributed by atoms with Crippen molar-refractivity contribution in [2.75, 3.05) is 38.2 Å². The Bertz CT molecular complexity index is 889. The molecule has 3 heterocycles. The van der Waals surface area contributed by atoms with E-state index in [-0.39, 0.29) is 10.8 Å². The van der Waals surface area contributed by atoms with Gasteiger partial charge in [0.15, 0.2) is 0 Å². The van der Waals surface area contributed by atoms with Gasteiger partial charge in [-0.1, -0.05) is 32.9 Å². The molecule has 0 unspecified atom stereocenters. The summed E-state index contributed by atoms with van der Waals surface area (Å²) in [5, 5.41) is 1.07. The van der Waals surface area contributed by atoms with Crippen LogP contribution < -0.4 is 9.64 Å². The molecule has 1 aromatic heterocycles. The first-order chi connectivity index (χ1) is 13.3. The van der Waals surface area contributed by atoms with Crippen LogP contribution in [0, 0.1) is 10.8 Å². The van der Waals surface area contributed by atoms with Crippen LogP contribution in [0.15, 0.2) is 30.3 Å². The highest BCUT2D eigenvalue weighted by atomic mass is 16.5. The first kappa shape index (κ1) is 19.0. The molecule has 0 N–H and O–H groups in total. The number of hydrogen-bond donors (Lipinski definition) is 0. The predicted molar refractivity (Wildman–Crippen MR) is 113 cm³/mol. The van der Waals surface area contributed by atoms with Gasteiger partial charge in [0, 0.05) is 31.6 Å². The van der Waals surface area contributed by atoms with E-state index in [4.69, 9.17) is 9.72 Å². The molecule has 5 nitrogen and oxygen atoms in total. The highest BCUT2D eigenvalue weighted by molar-refractivity contribution is 5.87. The van der Waals surface area contributed by atoms with Gasteiger partial charge in [0.05, 0.1) is 12.5 Å². The molecule has 28 heavy (non-hydrogen) atoms. The molecule has 1 atom stereocenters. The lowest BCUT2D eigenvalue weighted by atomic mass is 9.77. The SMILES string of the molecule is COc1cccc2ccc(N3CC[C@@]4(CCCN(CC(C)(C)C)C4=O)C3)nc12. The number of fused-ring (bicyclic) bond motifs is 1. The molecule has 0 aliphatic carbocycles. The van der Waals surface area contributed by atoms with Crippen LogP contribution >= 0.6 is 0 Å². The number of benzene rings is 1. The number of carbonyl (C=O) groups excluding carboxylic acids is 1. The van der Waals surface area contributed by atoms with Gasteiger partial charge in [-0.3, -0.25) is 4.79 Å². The molecule has 0 saturated carbocycles. The Morgan fingerprint density at radius 3 is 2.71 bits per heavy atom. The number of ether oxygens (including phenoxy) is 1. The molecule has 0 radical (unpaired) electrons. The minimum absolute atomic E-state index is 0.128. The summed E-state index contributed by atoms with van der Waals surface area (Å²) in [5.74, 6) is 2.07. The summed E-state index contributed by atoms with van der Waals surface area (Å²) in [6.45, 7) is 9.98. The maximum absolute atomic E-state index is 13.4. The second-order valence-electron chi connectivity index (χ2n) is 9.54. The zero-order valence-electron chi connectivity index (χ0n) is 17.5. The summed E-state index contributed by atoms with van der Waals surface area (Å²) in [6.07, 6.45) is 2.99. The molecule has 2 fully saturated rings. The molecule has 2 aliphatic heterocycles. The van der Waals surface area contributed by atoms with Crippen molar-refractivity contribution in [3.63, 3.8) is 0 Å². The van der Waals surface area contributed by atoms with E-state index in [1.807, 2.05) is 12.1 Å². The van der Waals surface area contributed by atoms with E-state index in [1.54, 1.807) is 7.11 Å². The third-order valence-corrected chi connectivity index (χ3v) is 6.06. The van der Waals surface area contributed by atoms with Gasteiger partial charge in [0.25, 0.3) is 0 Å². The molecule has 1 amide bonds. The summed E-state index contributed by atoms with van der Waals surface area (Å²) in [6, 6.07) is 10.1. The van der Waals surface area contributed by atoms with E-state index in [1.165, 1.54) is 0 Å². The number of likely N-dealkylation sites (tertiary alicyclic amines) is 1. The number of methoxy groups -OCH3 is 1. The van der Waals surface area contributed by atoms with E-state index >= 15 is 0 Å². The zero-order chi connectivity index (χ0) is 19.9. The Labute approximate surface area is 167 Å². The summed E-state index contributed by atoms with van der Waals surface area (Å²) in [4.78, 5) is 22.6. The summed E-state index contributed by atoms with van der Waals surface area (Å²) < 4.78 is 5.49. The van der Waals surface area contributed by atoms with Crippen molar-refractivity contribution in [3.05, 3.63) is 30.3 Å². The van der Waals surface area contributed by atoms with Gasteiger partial charge in [-0.2, -0.15) is 0 Å². The molecule has 1 aromatic carbocycles. The number of carbonyl (C=O) groups is 1. The van der Waals surface area contributed by atoms with E-state index in [0.29, 0.717) is 5.91 Å². The van der Waals surface area contributed by atoms with E-state index in [0.717, 1.165) is 67.9 Å². The maximum atomic E-state index is 13.4. The van der Waals surface area contributed by atoms with Crippen LogP contribution in [0.2, 0.25) is 0 Å². The number of piperidine rings is 1. The maximum Gasteiger partial charge on any atom is 0.230 e. The Morgan fingerprint density at radius 2 is 1.96 bits per heavy atom. The fraction of sp³-hybridized carbons (Fsp3) is 0.565. The molecule has 150 valence electrons. The summed E-state index contributed by atoms with van der Waals surface area (Å²) >= 11 is 0. The van der Waals surface area contributed by atoms with Crippen molar-refractivity contribution < 1.29 is 9.53 Å². The lowest BCUT2D eigenvalue weighted by Crippen LogP contribution is -2.52. The first-order valence-electron chi connectivity index (χ1n) is 10.3. The minimum atomic E-state index is -0.249. The monoisotopic (exact) mass is 381 g/mol. The molecule has 2 aliphatic rings. The summed E-state index contributed by atoms with van der Waals surface area (Å²) in [5.41, 5.74) is 0.761. The lowest BCUT2D eigenvalue weighted by molar-refractivity contribution is -0.146. The quantitative estimate of drug-likeness (QED) is 0.803. The fourth-order valence-electron chi connectivity index (χ4n) is 4.77. The van der Waals surface area contributed by atoms with Crippen LogP contribution in [0.25, 0.3) is 10.9 Å². The largest absolute Gasteiger partial charge is 0.494 e. The Morgan fingerprint density at radius 1 is 1.14 bits per heavy atom. The molecule has 1 spiro atoms. The van der Waals surface area contributed by atoms with Gasteiger partial charge in [-0.25, -0.2) is 4.98 Å². The summed E-state index contributed by atoms with van der Waals surface area (Å²) in [7, 11) is 1.68. The second kappa shape index (κ2) is 6.94. The van der Waals surface area contributed by atoms with Gasteiger partial charge in [0.2, 0.25) is 5.91 Å². The number of nitrogens with zero attached hydrogens (tertiary/aromatic N) is 3. The van der Waals surface area contributed by atoms with Crippen molar-refractivity contribution in [2.45, 2.75) is 40.0 Å². The number of rotatable bonds is 3. The topological polar surface area (TPSA) is 45.7 Å². The van der Waals surface area contributed by atoms with Gasteiger partial charge >= 0.3 is 0 Å². The van der Waals surface area contributed by atoms with Crippen molar-refractivity contribution >= 4 is 22.6 Å². The van der Waals surface area contributed by atoms with Crippen molar-refractivity contribution in [2.24, 2.45) is 10.8 Å². The molecule has 2 aromatic rings. The standard InChI is InChI=1S/C23H31N3O2/c1-22(2,3)15-26-13-6-11-23(21(26)27)12-14-25(16-23)19-10-9-17-7-5-8-18(28-4)20(17)24-19/h5,7-10H,6,11-16H2,1-4H3/t23-/m0/s1. The molecule has 4 rings (SSSR count). The second-order valence-corrected chi connectivity index (χ2v) is 9.54. The van der Waals surface area contributed by atoms with Crippen molar-refractivity contribution in [1.29, 1.82) is 0 Å². The van der Waals surface area contributed by atoms with Crippen molar-refractivity contribution in [3.8, 4) is 5.75 Å². The third kappa shape index (κ3) is 3.43. The van der Waals surface area contributed by atoms with Crippen molar-refractivity contribution in [1.82, 2.24) is 9.88 Å². The van der Waals surface area contributed by atoms with Gasteiger partial charge in [-0.15, -0.1) is 0 Å². The number of aromatic nitrogens is 1. The normalized spacial score (nSPS) is 23.1. The molecular formula is C23H31N3O2. The third-order valence-electron chi connectivity index (χ3n) is 6.06. The molecule has 2 saturated heterocycles. The molecule has 5 heteroatoms. The first-order valence-corrected chi connectivity index (χ1v) is 10.3. The Kier molecular flexibility index (Phi) is 4.72. The van der Waals surface area contributed by atoms with Crippen LogP contribution in [-0.2, 0) is 4.79 Å². The molecule has 0 bridgehead atoms. The highest BCUT2D eigenvalue weighted by Gasteiger charge is 2.49. The van der Waals surface area contributed by atoms with Crippen LogP contribution in [0.5, 0.6) is 5.75 Å². The van der Waals surface area contributed by atoms with Crippen LogP contribution in [0.3, 0.4) is 0 Å².